The number of rotatable bonds is 9. The molecule has 1 aromatic rings. The van der Waals surface area contributed by atoms with E-state index in [0.29, 0.717) is 11.3 Å². The lowest BCUT2D eigenvalue weighted by Gasteiger charge is -2.26. The van der Waals surface area contributed by atoms with Crippen molar-refractivity contribution in [3.63, 3.8) is 0 Å². The minimum atomic E-state index is 0.595. The molecule has 0 amide bonds. The van der Waals surface area contributed by atoms with Crippen LogP contribution in [-0.4, -0.2) is 22.8 Å². The van der Waals surface area contributed by atoms with Gasteiger partial charge in [0.05, 0.1) is 5.03 Å². The maximum absolute atomic E-state index is 4.68. The monoisotopic (exact) mass is 294 g/mol. The van der Waals surface area contributed by atoms with Gasteiger partial charge in [-0.05, 0) is 57.4 Å². The Bertz CT molecular complexity index is 372. The molecule has 1 aromatic heterocycles. The van der Waals surface area contributed by atoms with E-state index in [-0.39, 0.29) is 0 Å². The summed E-state index contributed by atoms with van der Waals surface area (Å²) >= 11 is 1.94. The van der Waals surface area contributed by atoms with E-state index in [1.165, 1.54) is 36.3 Å². The van der Waals surface area contributed by atoms with E-state index < -0.39 is 0 Å². The second-order valence-corrected chi connectivity index (χ2v) is 6.80. The van der Waals surface area contributed by atoms with Gasteiger partial charge >= 0.3 is 0 Å². The van der Waals surface area contributed by atoms with Gasteiger partial charge in [0, 0.05) is 17.0 Å². The largest absolute Gasteiger partial charge is 0.313 e. The van der Waals surface area contributed by atoms with Crippen molar-refractivity contribution in [1.82, 2.24) is 10.3 Å². The summed E-state index contributed by atoms with van der Waals surface area (Å²) in [7, 11) is 0. The fraction of sp³-hybridized carbons (Fsp3) is 0.706. The second kappa shape index (κ2) is 9.41. The first-order chi connectivity index (χ1) is 9.60. The molecule has 0 saturated carbocycles. The number of hydrogen-bond acceptors (Lipinski definition) is 3. The summed E-state index contributed by atoms with van der Waals surface area (Å²) in [5, 5.41) is 5.50. The molecule has 0 bridgehead atoms. The average molecular weight is 295 g/mol. The van der Waals surface area contributed by atoms with E-state index in [1.807, 2.05) is 11.8 Å². The minimum Gasteiger partial charge on any atom is -0.313 e. The first-order valence-corrected chi connectivity index (χ1v) is 8.83. The van der Waals surface area contributed by atoms with Gasteiger partial charge in [0.2, 0.25) is 0 Å². The van der Waals surface area contributed by atoms with Crippen molar-refractivity contribution in [2.45, 2.75) is 76.6 Å². The van der Waals surface area contributed by atoms with Crippen molar-refractivity contribution in [1.29, 1.82) is 0 Å². The molecule has 0 spiro atoms. The highest BCUT2D eigenvalue weighted by atomic mass is 32.2. The maximum Gasteiger partial charge on any atom is 0.0968 e. The number of pyridine rings is 1. The molecule has 20 heavy (non-hydrogen) atoms. The van der Waals surface area contributed by atoms with Crippen molar-refractivity contribution in [2.24, 2.45) is 0 Å². The van der Waals surface area contributed by atoms with Crippen molar-refractivity contribution in [2.75, 3.05) is 6.54 Å². The third kappa shape index (κ3) is 5.84. The van der Waals surface area contributed by atoms with E-state index in [4.69, 9.17) is 0 Å². The molecule has 0 fully saturated rings. The molecule has 2 nitrogen and oxygen atoms in total. The van der Waals surface area contributed by atoms with Gasteiger partial charge in [-0.2, -0.15) is 0 Å². The molecular weight excluding hydrogens is 264 g/mol. The third-order valence-electron chi connectivity index (χ3n) is 3.45. The van der Waals surface area contributed by atoms with Crippen LogP contribution < -0.4 is 5.32 Å². The molecular formula is C17H30N2S. The molecule has 2 unspecified atom stereocenters. The van der Waals surface area contributed by atoms with Crippen molar-refractivity contribution < 1.29 is 0 Å². The Hall–Kier alpha value is -0.540. The molecule has 0 aliphatic heterocycles. The highest BCUT2D eigenvalue weighted by Gasteiger charge is 2.20. The Labute approximate surface area is 129 Å². The van der Waals surface area contributed by atoms with Gasteiger partial charge in [-0.15, -0.1) is 11.8 Å². The number of aromatic nitrogens is 1. The highest BCUT2D eigenvalue weighted by molar-refractivity contribution is 7.99. The lowest BCUT2D eigenvalue weighted by molar-refractivity contribution is 0.454. The van der Waals surface area contributed by atoms with E-state index >= 15 is 0 Å². The Balaban J connectivity index is 2.76. The summed E-state index contributed by atoms with van der Waals surface area (Å²) in [6.07, 6.45) is 4.86. The summed E-state index contributed by atoms with van der Waals surface area (Å²) in [5.74, 6) is 0. The molecule has 0 aliphatic rings. The minimum absolute atomic E-state index is 0.595. The predicted octanol–water partition coefficient (Wildman–Crippen LogP) is 4.74. The number of hydrogen-bond donors (Lipinski definition) is 1. The molecule has 114 valence electrons. The van der Waals surface area contributed by atoms with Crippen LogP contribution in [0.5, 0.6) is 0 Å². The third-order valence-corrected chi connectivity index (χ3v) is 4.87. The Morgan fingerprint density at radius 3 is 2.45 bits per heavy atom. The number of nitrogens with zero attached hydrogens (tertiary/aromatic N) is 1. The summed E-state index contributed by atoms with van der Waals surface area (Å²) in [5.41, 5.74) is 2.43. The highest BCUT2D eigenvalue weighted by Crippen LogP contribution is 2.28. The number of thioether (sulfide) groups is 1. The molecule has 1 N–H and O–H groups in total. The topological polar surface area (TPSA) is 24.9 Å². The van der Waals surface area contributed by atoms with Crippen LogP contribution in [0.15, 0.2) is 17.2 Å². The Kier molecular flexibility index (Phi) is 8.24. The van der Waals surface area contributed by atoms with Gasteiger partial charge in [0.15, 0.2) is 0 Å². The normalized spacial score (nSPS) is 14.2. The van der Waals surface area contributed by atoms with Gasteiger partial charge in [0.1, 0.15) is 0 Å². The molecule has 0 aliphatic carbocycles. The van der Waals surface area contributed by atoms with Gasteiger partial charge in [-0.3, -0.25) is 0 Å². The van der Waals surface area contributed by atoms with Crippen LogP contribution in [0.2, 0.25) is 0 Å². The van der Waals surface area contributed by atoms with Crippen LogP contribution in [-0.2, 0) is 0 Å². The van der Waals surface area contributed by atoms with E-state index in [1.54, 1.807) is 0 Å². The summed E-state index contributed by atoms with van der Waals surface area (Å²) in [6.45, 7) is 12.1. The Morgan fingerprint density at radius 2 is 1.90 bits per heavy atom. The second-order valence-electron chi connectivity index (χ2n) is 5.54. The molecule has 3 heteroatoms. The van der Waals surface area contributed by atoms with Crippen LogP contribution in [0.1, 0.15) is 57.7 Å². The summed E-state index contributed by atoms with van der Waals surface area (Å²) in [4.78, 5) is 4.68. The van der Waals surface area contributed by atoms with E-state index in [9.17, 15) is 0 Å². The molecule has 0 aromatic carbocycles. The Morgan fingerprint density at radius 1 is 1.15 bits per heavy atom. The van der Waals surface area contributed by atoms with Gasteiger partial charge < -0.3 is 5.32 Å². The molecule has 1 rings (SSSR count). The zero-order chi connectivity index (χ0) is 15.0. The smallest absolute Gasteiger partial charge is 0.0968 e. The fourth-order valence-corrected chi connectivity index (χ4v) is 3.85. The van der Waals surface area contributed by atoms with Crippen LogP contribution in [0.25, 0.3) is 0 Å². The maximum atomic E-state index is 4.68. The zero-order valence-electron chi connectivity index (χ0n) is 13.7. The SMILES string of the molecule is CCCNC(CCC)C(CC)Sc1cc(C)cc(C)n1. The predicted molar refractivity (Wildman–Crippen MR) is 90.6 cm³/mol. The number of aryl methyl sites for hydroxylation is 2. The van der Waals surface area contributed by atoms with Gasteiger partial charge in [0.25, 0.3) is 0 Å². The van der Waals surface area contributed by atoms with Gasteiger partial charge in [-0.25, -0.2) is 4.98 Å². The number of nitrogens with one attached hydrogen (secondary N) is 1. The summed E-state index contributed by atoms with van der Waals surface area (Å²) in [6, 6.07) is 4.95. The fourth-order valence-electron chi connectivity index (χ4n) is 2.53. The van der Waals surface area contributed by atoms with E-state index in [2.05, 4.69) is 57.1 Å². The first-order valence-electron chi connectivity index (χ1n) is 7.96. The average Bonchev–Trinajstić information content (AvgIpc) is 2.40. The molecule has 2 atom stereocenters. The molecule has 0 saturated heterocycles. The standard InChI is InChI=1S/C17H30N2S/c1-6-9-15(18-10-7-2)16(8-3)20-17-12-13(4)11-14(5)19-17/h11-12,15-16,18H,6-10H2,1-5H3. The lowest BCUT2D eigenvalue weighted by Crippen LogP contribution is -2.38. The zero-order valence-corrected chi connectivity index (χ0v) is 14.5. The van der Waals surface area contributed by atoms with E-state index in [0.717, 1.165) is 12.2 Å². The van der Waals surface area contributed by atoms with Crippen molar-refractivity contribution in [3.05, 3.63) is 23.4 Å². The van der Waals surface area contributed by atoms with Gasteiger partial charge in [-0.1, -0.05) is 27.2 Å². The van der Waals surface area contributed by atoms with Crippen LogP contribution in [0.4, 0.5) is 0 Å². The first kappa shape index (κ1) is 17.5. The lowest BCUT2D eigenvalue weighted by atomic mass is 10.1. The summed E-state index contributed by atoms with van der Waals surface area (Å²) < 4.78 is 0. The van der Waals surface area contributed by atoms with Crippen LogP contribution >= 0.6 is 11.8 Å². The van der Waals surface area contributed by atoms with Crippen molar-refractivity contribution >= 4 is 11.8 Å². The molecule has 0 radical (unpaired) electrons. The van der Waals surface area contributed by atoms with Crippen LogP contribution in [0, 0.1) is 13.8 Å². The van der Waals surface area contributed by atoms with Crippen molar-refractivity contribution in [3.8, 4) is 0 Å². The molecule has 1 heterocycles. The quantitative estimate of drug-likeness (QED) is 0.666. The van der Waals surface area contributed by atoms with Crippen LogP contribution in [0.3, 0.4) is 0 Å².